The van der Waals surface area contributed by atoms with E-state index >= 15 is 0 Å². The van der Waals surface area contributed by atoms with Crippen molar-refractivity contribution >= 4 is 28.2 Å². The van der Waals surface area contributed by atoms with Crippen LogP contribution in [-0.4, -0.2) is 44.9 Å². The van der Waals surface area contributed by atoms with Gasteiger partial charge in [0, 0.05) is 41.8 Å². The second-order valence-electron chi connectivity index (χ2n) is 8.05. The van der Waals surface area contributed by atoms with E-state index < -0.39 is 6.04 Å². The highest BCUT2D eigenvalue weighted by atomic mass is 32.1. The summed E-state index contributed by atoms with van der Waals surface area (Å²) in [5.74, 6) is 1.85. The van der Waals surface area contributed by atoms with Gasteiger partial charge in [0.2, 0.25) is 5.91 Å². The molecule has 1 amide bonds. The molecule has 3 aromatic rings. The molecule has 3 heterocycles. The standard InChI is InChI=1S/C23H28N6OS/c1-15-12-20(28-23-25-14-16(2)31-23)27-21(26-15)18-8-10-29(11-9-18)22(30)19(24)13-17-6-4-3-5-7-17/h3-7,12,14,18-19H,8-11,13,24H2,1-2H3,(H,25,26,27,28)/t19-/m0/s1. The molecule has 0 bridgehead atoms. The molecular formula is C23H28N6OS. The Balaban J connectivity index is 1.36. The summed E-state index contributed by atoms with van der Waals surface area (Å²) in [5.41, 5.74) is 8.22. The van der Waals surface area contributed by atoms with E-state index in [1.165, 1.54) is 0 Å². The highest BCUT2D eigenvalue weighted by Gasteiger charge is 2.28. The van der Waals surface area contributed by atoms with E-state index in [9.17, 15) is 4.79 Å². The van der Waals surface area contributed by atoms with Crippen LogP contribution in [0.15, 0.2) is 42.6 Å². The van der Waals surface area contributed by atoms with Gasteiger partial charge in [0.05, 0.1) is 6.04 Å². The number of likely N-dealkylation sites (tertiary alicyclic amines) is 1. The third kappa shape index (κ3) is 5.45. The van der Waals surface area contributed by atoms with E-state index in [-0.39, 0.29) is 11.8 Å². The second-order valence-corrected chi connectivity index (χ2v) is 9.28. The molecule has 1 aliphatic rings. The molecule has 0 saturated carbocycles. The van der Waals surface area contributed by atoms with Crippen molar-refractivity contribution in [3.05, 3.63) is 64.6 Å². The molecule has 1 atom stereocenters. The molecule has 0 spiro atoms. The molecule has 7 nitrogen and oxygen atoms in total. The van der Waals surface area contributed by atoms with E-state index in [1.807, 2.05) is 61.3 Å². The minimum Gasteiger partial charge on any atom is -0.341 e. The predicted molar refractivity (Wildman–Crippen MR) is 124 cm³/mol. The van der Waals surface area contributed by atoms with Gasteiger partial charge in [-0.25, -0.2) is 15.0 Å². The van der Waals surface area contributed by atoms with E-state index in [1.54, 1.807) is 11.3 Å². The lowest BCUT2D eigenvalue weighted by Gasteiger charge is -2.33. The van der Waals surface area contributed by atoms with Crippen LogP contribution in [-0.2, 0) is 11.2 Å². The maximum absolute atomic E-state index is 12.8. The fourth-order valence-corrected chi connectivity index (χ4v) is 4.58. The largest absolute Gasteiger partial charge is 0.341 e. The van der Waals surface area contributed by atoms with Crippen molar-refractivity contribution in [1.29, 1.82) is 0 Å². The van der Waals surface area contributed by atoms with Gasteiger partial charge in [-0.3, -0.25) is 4.79 Å². The van der Waals surface area contributed by atoms with Crippen LogP contribution in [0.2, 0.25) is 0 Å². The molecule has 0 radical (unpaired) electrons. The molecule has 8 heteroatoms. The predicted octanol–water partition coefficient (Wildman–Crippen LogP) is 3.57. The molecule has 1 saturated heterocycles. The summed E-state index contributed by atoms with van der Waals surface area (Å²) >= 11 is 1.60. The van der Waals surface area contributed by atoms with Crippen LogP contribution in [0.25, 0.3) is 0 Å². The lowest BCUT2D eigenvalue weighted by molar-refractivity contribution is -0.133. The average Bonchev–Trinajstić information content (AvgIpc) is 3.18. The van der Waals surface area contributed by atoms with Gasteiger partial charge in [-0.2, -0.15) is 0 Å². The summed E-state index contributed by atoms with van der Waals surface area (Å²) in [4.78, 5) is 29.6. The van der Waals surface area contributed by atoms with E-state index in [0.29, 0.717) is 19.5 Å². The Bertz CT molecular complexity index is 1030. The number of nitrogens with two attached hydrogens (primary N) is 1. The van der Waals surface area contributed by atoms with Crippen LogP contribution < -0.4 is 11.1 Å². The first-order valence-electron chi connectivity index (χ1n) is 10.6. The van der Waals surface area contributed by atoms with Gasteiger partial charge in [-0.15, -0.1) is 11.3 Å². The number of carbonyl (C=O) groups excluding carboxylic acids is 1. The molecule has 0 aliphatic carbocycles. The topological polar surface area (TPSA) is 97.0 Å². The van der Waals surface area contributed by atoms with Crippen molar-refractivity contribution < 1.29 is 4.79 Å². The van der Waals surface area contributed by atoms with Crippen molar-refractivity contribution in [3.63, 3.8) is 0 Å². The summed E-state index contributed by atoms with van der Waals surface area (Å²) in [5, 5.41) is 4.11. The van der Waals surface area contributed by atoms with Gasteiger partial charge in [0.1, 0.15) is 11.6 Å². The molecule has 0 unspecified atom stereocenters. The molecular weight excluding hydrogens is 408 g/mol. The SMILES string of the molecule is Cc1cc(Nc2ncc(C)s2)nc(C2CCN(C(=O)[C@@H](N)Cc3ccccc3)CC2)n1. The summed E-state index contributed by atoms with van der Waals surface area (Å²) < 4.78 is 0. The quantitative estimate of drug-likeness (QED) is 0.613. The van der Waals surface area contributed by atoms with Crippen LogP contribution in [0.1, 0.15) is 40.7 Å². The van der Waals surface area contributed by atoms with Crippen molar-refractivity contribution in [3.8, 4) is 0 Å². The lowest BCUT2D eigenvalue weighted by Crippen LogP contribution is -2.47. The Morgan fingerprint density at radius 2 is 1.97 bits per heavy atom. The van der Waals surface area contributed by atoms with Crippen LogP contribution >= 0.6 is 11.3 Å². The zero-order valence-corrected chi connectivity index (χ0v) is 18.7. The number of hydrogen-bond donors (Lipinski definition) is 2. The van der Waals surface area contributed by atoms with Crippen LogP contribution in [0.5, 0.6) is 0 Å². The molecule has 3 N–H and O–H groups in total. The monoisotopic (exact) mass is 436 g/mol. The third-order valence-corrected chi connectivity index (χ3v) is 6.34. The van der Waals surface area contributed by atoms with Crippen molar-refractivity contribution in [2.45, 2.75) is 45.1 Å². The molecule has 1 aliphatic heterocycles. The number of aromatic nitrogens is 3. The average molecular weight is 437 g/mol. The van der Waals surface area contributed by atoms with E-state index in [4.69, 9.17) is 10.7 Å². The van der Waals surface area contributed by atoms with Crippen molar-refractivity contribution in [2.75, 3.05) is 18.4 Å². The number of nitrogens with one attached hydrogen (secondary N) is 1. The molecule has 4 rings (SSSR count). The molecule has 2 aromatic heterocycles. The zero-order chi connectivity index (χ0) is 21.8. The van der Waals surface area contributed by atoms with E-state index in [0.717, 1.165) is 45.7 Å². The Morgan fingerprint density at radius 3 is 2.65 bits per heavy atom. The highest BCUT2D eigenvalue weighted by molar-refractivity contribution is 7.15. The Hall–Kier alpha value is -2.84. The lowest BCUT2D eigenvalue weighted by atomic mass is 9.95. The first-order chi connectivity index (χ1) is 15.0. The minimum absolute atomic E-state index is 0.0222. The number of amides is 1. The fourth-order valence-electron chi connectivity index (χ4n) is 3.91. The zero-order valence-electron chi connectivity index (χ0n) is 17.9. The minimum atomic E-state index is -0.508. The highest BCUT2D eigenvalue weighted by Crippen LogP contribution is 2.28. The van der Waals surface area contributed by atoms with Gasteiger partial charge < -0.3 is 16.0 Å². The first-order valence-corrected chi connectivity index (χ1v) is 11.4. The van der Waals surface area contributed by atoms with Gasteiger partial charge in [0.25, 0.3) is 0 Å². The van der Waals surface area contributed by atoms with Gasteiger partial charge >= 0.3 is 0 Å². The maximum atomic E-state index is 12.8. The number of nitrogens with zero attached hydrogens (tertiary/aromatic N) is 4. The van der Waals surface area contributed by atoms with Gasteiger partial charge in [0.15, 0.2) is 5.13 Å². The number of hydrogen-bond acceptors (Lipinski definition) is 7. The second kappa shape index (κ2) is 9.53. The number of anilines is 2. The number of rotatable bonds is 6. The summed E-state index contributed by atoms with van der Waals surface area (Å²) in [6, 6.07) is 11.3. The number of thiazole rings is 1. The van der Waals surface area contributed by atoms with E-state index in [2.05, 4.69) is 15.3 Å². The third-order valence-electron chi connectivity index (χ3n) is 5.52. The normalized spacial score (nSPS) is 15.6. The van der Waals surface area contributed by atoms with Crippen LogP contribution in [0, 0.1) is 13.8 Å². The molecule has 31 heavy (non-hydrogen) atoms. The summed E-state index contributed by atoms with van der Waals surface area (Å²) in [6.07, 6.45) is 4.08. The summed E-state index contributed by atoms with van der Waals surface area (Å²) in [7, 11) is 0. The number of piperidine rings is 1. The number of benzene rings is 1. The Kier molecular flexibility index (Phi) is 6.58. The van der Waals surface area contributed by atoms with Gasteiger partial charge in [-0.05, 0) is 38.7 Å². The fraction of sp³-hybridized carbons (Fsp3) is 0.391. The Labute approximate surface area is 186 Å². The smallest absolute Gasteiger partial charge is 0.239 e. The number of aryl methyl sites for hydroxylation is 2. The van der Waals surface area contributed by atoms with Crippen LogP contribution in [0.3, 0.4) is 0 Å². The molecule has 1 fully saturated rings. The first kappa shape index (κ1) is 21.4. The van der Waals surface area contributed by atoms with Crippen LogP contribution in [0.4, 0.5) is 10.9 Å². The molecule has 162 valence electrons. The number of carbonyl (C=O) groups is 1. The van der Waals surface area contributed by atoms with Gasteiger partial charge in [-0.1, -0.05) is 30.3 Å². The van der Waals surface area contributed by atoms with Crippen molar-refractivity contribution in [1.82, 2.24) is 19.9 Å². The van der Waals surface area contributed by atoms with Crippen molar-refractivity contribution in [2.24, 2.45) is 5.73 Å². The maximum Gasteiger partial charge on any atom is 0.239 e. The summed E-state index contributed by atoms with van der Waals surface area (Å²) in [6.45, 7) is 5.36. The Morgan fingerprint density at radius 1 is 1.23 bits per heavy atom. The molecule has 1 aromatic carbocycles.